The normalized spacial score (nSPS) is 10.4. The molecule has 0 aliphatic heterocycles. The molecule has 3 aromatic carbocycles. The Bertz CT molecular complexity index is 1490. The van der Waals surface area contributed by atoms with Crippen molar-refractivity contribution in [2.24, 2.45) is 0 Å². The molecule has 0 bridgehead atoms. The summed E-state index contributed by atoms with van der Waals surface area (Å²) in [5.41, 5.74) is 1.67. The minimum absolute atomic E-state index is 0.103. The van der Waals surface area contributed by atoms with Crippen LogP contribution in [0.2, 0.25) is 0 Å². The van der Waals surface area contributed by atoms with E-state index in [9.17, 15) is 19.2 Å². The van der Waals surface area contributed by atoms with Gasteiger partial charge < -0.3 is 28.4 Å². The second-order valence-electron chi connectivity index (χ2n) is 8.96. The van der Waals surface area contributed by atoms with E-state index in [1.54, 1.807) is 73.7 Å². The lowest BCUT2D eigenvalue weighted by molar-refractivity contribution is -0.139. The number of aryl methyl sites for hydroxylation is 1. The fraction of sp³-hybridized carbons (Fsp3) is 0.176. The van der Waals surface area contributed by atoms with Gasteiger partial charge in [-0.25, -0.2) is 19.2 Å². The first-order valence-corrected chi connectivity index (χ1v) is 13.5. The van der Waals surface area contributed by atoms with Gasteiger partial charge in [0.15, 0.2) is 0 Å². The highest BCUT2D eigenvalue weighted by atomic mass is 16.6. The van der Waals surface area contributed by atoms with Gasteiger partial charge in [0.05, 0.1) is 18.8 Å². The lowest BCUT2D eigenvalue weighted by Crippen LogP contribution is -2.10. The summed E-state index contributed by atoms with van der Waals surface area (Å²) in [6.45, 7) is 9.23. The predicted octanol–water partition coefficient (Wildman–Crippen LogP) is 5.44. The Morgan fingerprint density at radius 1 is 0.659 bits per heavy atom. The van der Waals surface area contributed by atoms with Gasteiger partial charge in [-0.05, 0) is 78.7 Å². The number of hydrogen-bond acceptors (Lipinski definition) is 10. The Morgan fingerprint density at radius 3 is 1.89 bits per heavy atom. The van der Waals surface area contributed by atoms with Gasteiger partial charge in [0.25, 0.3) is 0 Å². The molecule has 0 aliphatic rings. The number of rotatable bonds is 16. The molecule has 0 aromatic heterocycles. The molecule has 10 nitrogen and oxygen atoms in total. The third kappa shape index (κ3) is 11.3. The molecule has 0 amide bonds. The van der Waals surface area contributed by atoms with Gasteiger partial charge in [0, 0.05) is 24.6 Å². The molecule has 3 aromatic rings. The Kier molecular flexibility index (Phi) is 13.0. The lowest BCUT2D eigenvalue weighted by Gasteiger charge is -2.10. The van der Waals surface area contributed by atoms with E-state index in [0.717, 1.165) is 17.7 Å². The van der Waals surface area contributed by atoms with E-state index < -0.39 is 23.9 Å². The predicted molar refractivity (Wildman–Crippen MR) is 162 cm³/mol. The fourth-order valence-electron chi connectivity index (χ4n) is 3.48. The third-order valence-electron chi connectivity index (χ3n) is 5.68. The van der Waals surface area contributed by atoms with Crippen LogP contribution in [0.3, 0.4) is 0 Å². The van der Waals surface area contributed by atoms with E-state index >= 15 is 0 Å². The van der Waals surface area contributed by atoms with Crippen LogP contribution < -0.4 is 18.9 Å². The number of hydrogen-bond donors (Lipinski definition) is 0. The van der Waals surface area contributed by atoms with Crippen LogP contribution in [0.4, 0.5) is 0 Å². The molecule has 3 rings (SSSR count). The summed E-state index contributed by atoms with van der Waals surface area (Å²) in [5.74, 6) is -0.393. The van der Waals surface area contributed by atoms with Crippen molar-refractivity contribution in [2.75, 3.05) is 26.4 Å². The summed E-state index contributed by atoms with van der Waals surface area (Å²) in [5, 5.41) is 0. The first-order valence-electron chi connectivity index (χ1n) is 13.5. The zero-order valence-corrected chi connectivity index (χ0v) is 24.2. The number of carbonyl (C=O) groups excluding carboxylic acids is 4. The highest BCUT2D eigenvalue weighted by Gasteiger charge is 2.12. The average molecular weight is 601 g/mol. The number of esters is 4. The van der Waals surface area contributed by atoms with E-state index in [1.165, 1.54) is 12.1 Å². The van der Waals surface area contributed by atoms with Crippen LogP contribution in [0.25, 0.3) is 6.08 Å². The first-order chi connectivity index (χ1) is 21.3. The zero-order valence-electron chi connectivity index (χ0n) is 24.2. The maximum atomic E-state index is 12.6. The van der Waals surface area contributed by atoms with E-state index in [0.29, 0.717) is 47.2 Å². The smallest absolute Gasteiger partial charge is 0.343 e. The monoisotopic (exact) mass is 600 g/mol. The highest BCUT2D eigenvalue weighted by molar-refractivity contribution is 5.91. The van der Waals surface area contributed by atoms with Crippen LogP contribution in [0.1, 0.15) is 27.9 Å². The maximum Gasteiger partial charge on any atom is 0.343 e. The Morgan fingerprint density at radius 2 is 1.25 bits per heavy atom. The number of carbonyl (C=O) groups is 4. The van der Waals surface area contributed by atoms with Crippen molar-refractivity contribution in [2.45, 2.75) is 13.3 Å². The summed E-state index contributed by atoms with van der Waals surface area (Å²) in [6.07, 6.45) is 5.58. The van der Waals surface area contributed by atoms with Crippen LogP contribution in [-0.2, 0) is 23.9 Å². The molecule has 0 unspecified atom stereocenters. The van der Waals surface area contributed by atoms with Crippen LogP contribution in [0, 0.1) is 6.92 Å². The molecular formula is C34H32O10. The van der Waals surface area contributed by atoms with Gasteiger partial charge >= 0.3 is 23.9 Å². The Hall–Kier alpha value is -5.64. The second kappa shape index (κ2) is 17.3. The average Bonchev–Trinajstić information content (AvgIpc) is 3.03. The van der Waals surface area contributed by atoms with E-state index in [4.69, 9.17) is 28.4 Å². The molecule has 0 aliphatic carbocycles. The molecule has 228 valence electrons. The quantitative estimate of drug-likeness (QED) is 0.0909. The van der Waals surface area contributed by atoms with Crippen molar-refractivity contribution in [1.82, 2.24) is 0 Å². The van der Waals surface area contributed by atoms with Crippen molar-refractivity contribution in [1.29, 1.82) is 0 Å². The summed E-state index contributed by atoms with van der Waals surface area (Å²) in [4.78, 5) is 47.0. The van der Waals surface area contributed by atoms with Gasteiger partial charge in [0.1, 0.15) is 36.2 Å². The number of ether oxygens (including phenoxy) is 6. The summed E-state index contributed by atoms with van der Waals surface area (Å²) >= 11 is 0. The summed E-state index contributed by atoms with van der Waals surface area (Å²) in [7, 11) is 0. The zero-order chi connectivity index (χ0) is 31.7. The van der Waals surface area contributed by atoms with E-state index in [-0.39, 0.29) is 19.8 Å². The van der Waals surface area contributed by atoms with Crippen molar-refractivity contribution in [3.8, 4) is 23.0 Å². The van der Waals surface area contributed by atoms with Crippen molar-refractivity contribution in [3.63, 3.8) is 0 Å². The lowest BCUT2D eigenvalue weighted by atomic mass is 10.2. The van der Waals surface area contributed by atoms with E-state index in [1.807, 2.05) is 0 Å². The number of benzene rings is 3. The SMILES string of the molecule is C=CC(=O)OCCCOc1ccc(C(=O)Oc2ccc(OC(=O)/C=C/c3ccc(OCCOC(=O)C=C)cc3)c(C)c2)cc1. The van der Waals surface area contributed by atoms with Crippen molar-refractivity contribution in [3.05, 3.63) is 115 Å². The highest BCUT2D eigenvalue weighted by Crippen LogP contribution is 2.25. The molecule has 44 heavy (non-hydrogen) atoms. The van der Waals surface area contributed by atoms with Crippen LogP contribution in [0.5, 0.6) is 23.0 Å². The van der Waals surface area contributed by atoms with Gasteiger partial charge in [-0.15, -0.1) is 0 Å². The molecule has 0 saturated heterocycles. The summed E-state index contributed by atoms with van der Waals surface area (Å²) in [6, 6.07) is 18.1. The molecule has 0 spiro atoms. The van der Waals surface area contributed by atoms with Crippen LogP contribution >= 0.6 is 0 Å². The van der Waals surface area contributed by atoms with Crippen LogP contribution in [-0.4, -0.2) is 50.3 Å². The molecule has 10 heteroatoms. The standard InChI is InChI=1S/C34H32O10/c1-4-31(35)41-20-6-19-39-28-14-10-26(11-15-28)34(38)43-29-16-17-30(24(3)23-29)44-33(37)18-9-25-7-12-27(13-8-25)40-21-22-42-32(36)5-2/h4-5,7-18,23H,1-2,6,19-22H2,3H3/b18-9+. The maximum absolute atomic E-state index is 12.6. The van der Waals surface area contributed by atoms with E-state index in [2.05, 4.69) is 13.2 Å². The topological polar surface area (TPSA) is 124 Å². The summed E-state index contributed by atoms with van der Waals surface area (Å²) < 4.78 is 31.7. The van der Waals surface area contributed by atoms with Crippen LogP contribution in [0.15, 0.2) is 98.1 Å². The molecule has 0 atom stereocenters. The van der Waals surface area contributed by atoms with Crippen molar-refractivity contribution >= 4 is 30.0 Å². The molecule has 0 fully saturated rings. The second-order valence-corrected chi connectivity index (χ2v) is 8.96. The minimum atomic E-state index is -0.581. The largest absolute Gasteiger partial charge is 0.493 e. The Balaban J connectivity index is 1.44. The minimum Gasteiger partial charge on any atom is -0.493 e. The molecule has 0 radical (unpaired) electrons. The molecule has 0 N–H and O–H groups in total. The van der Waals surface area contributed by atoms with Gasteiger partial charge in [-0.1, -0.05) is 25.3 Å². The molecule has 0 heterocycles. The third-order valence-corrected chi connectivity index (χ3v) is 5.68. The van der Waals surface area contributed by atoms with Gasteiger partial charge in [-0.3, -0.25) is 0 Å². The first kappa shape index (κ1) is 32.9. The fourth-order valence-corrected chi connectivity index (χ4v) is 3.48. The molecule has 0 saturated carbocycles. The van der Waals surface area contributed by atoms with Gasteiger partial charge in [0.2, 0.25) is 0 Å². The van der Waals surface area contributed by atoms with Gasteiger partial charge in [-0.2, -0.15) is 0 Å². The van der Waals surface area contributed by atoms with Crippen molar-refractivity contribution < 1.29 is 47.6 Å². The molecular weight excluding hydrogens is 568 g/mol. The Labute approximate surface area is 255 Å².